The van der Waals surface area contributed by atoms with E-state index < -0.39 is 17.7 Å². The number of ketones is 1. The van der Waals surface area contributed by atoms with Crippen molar-refractivity contribution in [3.05, 3.63) is 64.7 Å². The smallest absolute Gasteiger partial charge is 0.295 e. The van der Waals surface area contributed by atoms with E-state index in [9.17, 15) is 14.7 Å². The molecule has 0 saturated carbocycles. The first-order chi connectivity index (χ1) is 15.9. The number of rotatable bonds is 8. The van der Waals surface area contributed by atoms with Crippen molar-refractivity contribution in [3.8, 4) is 11.5 Å². The van der Waals surface area contributed by atoms with Crippen LogP contribution in [0.3, 0.4) is 0 Å². The summed E-state index contributed by atoms with van der Waals surface area (Å²) in [6.45, 7) is 5.15. The van der Waals surface area contributed by atoms with Crippen molar-refractivity contribution in [2.45, 2.75) is 38.8 Å². The molecule has 0 aromatic heterocycles. The number of Topliss-reactive ketones (excluding diaryl/α,β-unsaturated/α-hetero) is 1. The Bertz CT molecular complexity index is 1090. The maximum absolute atomic E-state index is 13.1. The van der Waals surface area contributed by atoms with Crippen molar-refractivity contribution in [2.24, 2.45) is 0 Å². The van der Waals surface area contributed by atoms with Crippen LogP contribution in [0.1, 0.15) is 43.0 Å². The third-order valence-corrected chi connectivity index (χ3v) is 5.94. The van der Waals surface area contributed by atoms with Crippen LogP contribution in [0, 0.1) is 0 Å². The van der Waals surface area contributed by atoms with Crippen molar-refractivity contribution in [2.75, 3.05) is 26.9 Å². The van der Waals surface area contributed by atoms with Gasteiger partial charge < -0.3 is 24.2 Å². The van der Waals surface area contributed by atoms with Crippen molar-refractivity contribution in [1.29, 1.82) is 0 Å². The van der Waals surface area contributed by atoms with Gasteiger partial charge >= 0.3 is 0 Å². The fraction of sp³-hybridized carbons (Fsp3) is 0.385. The normalized spacial score (nSPS) is 21.2. The predicted octanol–water partition coefficient (Wildman–Crippen LogP) is 3.87. The van der Waals surface area contributed by atoms with E-state index in [1.807, 2.05) is 44.2 Å². The number of aliphatic hydroxyl groups is 1. The van der Waals surface area contributed by atoms with Gasteiger partial charge in [-0.05, 0) is 61.7 Å². The van der Waals surface area contributed by atoms with Gasteiger partial charge in [0, 0.05) is 32.2 Å². The lowest BCUT2D eigenvalue weighted by atomic mass is 9.94. The molecule has 0 bridgehead atoms. The minimum absolute atomic E-state index is 0.0602. The number of likely N-dealkylation sites (tertiary alicyclic amines) is 1. The lowest BCUT2D eigenvalue weighted by Gasteiger charge is -2.25. The van der Waals surface area contributed by atoms with Gasteiger partial charge in [0.2, 0.25) is 0 Å². The Hall–Kier alpha value is -3.32. The maximum atomic E-state index is 13.1. The molecule has 0 unspecified atom stereocenters. The molecule has 0 spiro atoms. The number of carbonyl (C=O) groups excluding carboxylic acids is 2. The summed E-state index contributed by atoms with van der Waals surface area (Å²) >= 11 is 0. The Kier molecular flexibility index (Phi) is 6.70. The third kappa shape index (κ3) is 4.46. The number of benzene rings is 2. The Morgan fingerprint density at radius 1 is 1.21 bits per heavy atom. The van der Waals surface area contributed by atoms with Crippen LogP contribution in [0.25, 0.3) is 5.76 Å². The van der Waals surface area contributed by atoms with E-state index in [2.05, 4.69) is 0 Å². The van der Waals surface area contributed by atoms with Gasteiger partial charge in [-0.25, -0.2) is 0 Å². The summed E-state index contributed by atoms with van der Waals surface area (Å²) in [5.74, 6) is -0.0858. The quantitative estimate of drug-likeness (QED) is 0.284. The van der Waals surface area contributed by atoms with Crippen molar-refractivity contribution >= 4 is 17.4 Å². The number of ether oxygens (including phenoxy) is 3. The molecule has 1 amide bonds. The van der Waals surface area contributed by atoms with E-state index in [1.54, 1.807) is 19.2 Å². The molecule has 1 N–H and O–H groups in total. The molecule has 2 aliphatic heterocycles. The summed E-state index contributed by atoms with van der Waals surface area (Å²) in [6.07, 6.45) is 1.35. The van der Waals surface area contributed by atoms with E-state index in [0.717, 1.165) is 17.7 Å². The molecular formula is C26H29NO6. The molecule has 7 nitrogen and oxygen atoms in total. The Labute approximate surface area is 193 Å². The highest BCUT2D eigenvalue weighted by molar-refractivity contribution is 6.46. The largest absolute Gasteiger partial charge is 0.507 e. The van der Waals surface area contributed by atoms with Gasteiger partial charge in [-0.3, -0.25) is 9.59 Å². The molecule has 2 aromatic rings. The molecule has 2 aliphatic rings. The number of hydrogen-bond donors (Lipinski definition) is 1. The maximum Gasteiger partial charge on any atom is 0.295 e. The highest BCUT2D eigenvalue weighted by Crippen LogP contribution is 2.41. The van der Waals surface area contributed by atoms with Crippen molar-refractivity contribution in [1.82, 2.24) is 4.90 Å². The first-order valence-corrected chi connectivity index (χ1v) is 11.2. The highest BCUT2D eigenvalue weighted by Gasteiger charge is 2.46. The number of amides is 1. The molecule has 0 radical (unpaired) electrons. The lowest BCUT2D eigenvalue weighted by molar-refractivity contribution is -0.140. The standard InChI is InChI=1S/C26H29NO6/c1-4-32-20-8-5-7-17(15-20)23-22(25(29)26(30)27(23)11-6-12-31-3)24(28)18-9-10-21-19(14-18)13-16(2)33-21/h5,7-10,14-16,23,28H,4,6,11-13H2,1-3H3/t16-,23+/m1/s1. The van der Waals surface area contributed by atoms with Crippen molar-refractivity contribution in [3.63, 3.8) is 0 Å². The van der Waals surface area contributed by atoms with Gasteiger partial charge in [0.05, 0.1) is 18.2 Å². The Morgan fingerprint density at radius 2 is 2.03 bits per heavy atom. The monoisotopic (exact) mass is 451 g/mol. The molecule has 7 heteroatoms. The molecule has 2 atom stereocenters. The molecule has 1 saturated heterocycles. The Balaban J connectivity index is 1.80. The molecule has 2 heterocycles. The van der Waals surface area contributed by atoms with Crippen LogP contribution >= 0.6 is 0 Å². The SMILES string of the molecule is CCOc1cccc([C@H]2C(=C(O)c3ccc4c(c3)C[C@@H](C)O4)C(=O)C(=O)N2CCCOC)c1. The van der Waals surface area contributed by atoms with Crippen LogP contribution in [0.4, 0.5) is 0 Å². The van der Waals surface area contributed by atoms with Gasteiger partial charge in [-0.15, -0.1) is 0 Å². The van der Waals surface area contributed by atoms with Gasteiger partial charge in [-0.2, -0.15) is 0 Å². The van der Waals surface area contributed by atoms with Gasteiger partial charge in [0.1, 0.15) is 23.4 Å². The summed E-state index contributed by atoms with van der Waals surface area (Å²) in [5.41, 5.74) is 2.25. The van der Waals surface area contributed by atoms with Gasteiger partial charge in [0.15, 0.2) is 0 Å². The van der Waals surface area contributed by atoms with Crippen LogP contribution in [-0.2, 0) is 20.7 Å². The minimum atomic E-state index is -0.717. The summed E-state index contributed by atoms with van der Waals surface area (Å²) < 4.78 is 16.5. The third-order valence-electron chi connectivity index (χ3n) is 5.94. The number of nitrogens with zero attached hydrogens (tertiary/aromatic N) is 1. The second kappa shape index (κ2) is 9.67. The van der Waals surface area contributed by atoms with Crippen LogP contribution in [0.15, 0.2) is 48.0 Å². The number of hydrogen-bond acceptors (Lipinski definition) is 6. The van der Waals surface area contributed by atoms with E-state index in [0.29, 0.717) is 43.1 Å². The predicted molar refractivity (Wildman–Crippen MR) is 123 cm³/mol. The van der Waals surface area contributed by atoms with E-state index in [4.69, 9.17) is 14.2 Å². The average Bonchev–Trinajstić information content (AvgIpc) is 3.30. The number of methoxy groups -OCH3 is 1. The van der Waals surface area contributed by atoms with E-state index in [-0.39, 0.29) is 17.4 Å². The fourth-order valence-corrected chi connectivity index (χ4v) is 4.50. The fourth-order valence-electron chi connectivity index (χ4n) is 4.50. The number of aliphatic hydroxyl groups excluding tert-OH is 1. The van der Waals surface area contributed by atoms with Crippen LogP contribution in [0.5, 0.6) is 11.5 Å². The van der Waals surface area contributed by atoms with Crippen molar-refractivity contribution < 1.29 is 28.9 Å². The summed E-state index contributed by atoms with van der Waals surface area (Å²) in [4.78, 5) is 27.7. The topological polar surface area (TPSA) is 85.3 Å². The van der Waals surface area contributed by atoms with E-state index in [1.165, 1.54) is 4.90 Å². The zero-order valence-electron chi connectivity index (χ0n) is 19.2. The number of carbonyl (C=O) groups is 2. The van der Waals surface area contributed by atoms with Crippen LogP contribution in [-0.4, -0.2) is 54.7 Å². The second-order valence-electron chi connectivity index (χ2n) is 8.30. The Morgan fingerprint density at radius 3 is 2.79 bits per heavy atom. The van der Waals surface area contributed by atoms with Gasteiger partial charge in [0.25, 0.3) is 11.7 Å². The first kappa shape index (κ1) is 22.9. The molecule has 174 valence electrons. The first-order valence-electron chi connectivity index (χ1n) is 11.2. The summed E-state index contributed by atoms with van der Waals surface area (Å²) in [5, 5.41) is 11.3. The van der Waals surface area contributed by atoms with Crippen LogP contribution < -0.4 is 9.47 Å². The molecule has 0 aliphatic carbocycles. The zero-order valence-corrected chi connectivity index (χ0v) is 19.2. The molecule has 1 fully saturated rings. The molecule has 4 rings (SSSR count). The molecule has 33 heavy (non-hydrogen) atoms. The lowest BCUT2D eigenvalue weighted by Crippen LogP contribution is -2.31. The zero-order chi connectivity index (χ0) is 23.5. The minimum Gasteiger partial charge on any atom is -0.507 e. The van der Waals surface area contributed by atoms with Crippen LogP contribution in [0.2, 0.25) is 0 Å². The van der Waals surface area contributed by atoms with Gasteiger partial charge in [-0.1, -0.05) is 12.1 Å². The second-order valence-corrected chi connectivity index (χ2v) is 8.30. The molecular weight excluding hydrogens is 422 g/mol. The van der Waals surface area contributed by atoms with E-state index >= 15 is 0 Å². The molecule has 2 aromatic carbocycles. The summed E-state index contributed by atoms with van der Waals surface area (Å²) in [7, 11) is 1.59. The number of fused-ring (bicyclic) bond motifs is 1. The highest BCUT2D eigenvalue weighted by atomic mass is 16.5. The average molecular weight is 452 g/mol. The summed E-state index contributed by atoms with van der Waals surface area (Å²) in [6, 6.07) is 11.9.